The fourth-order valence-electron chi connectivity index (χ4n) is 1.71. The number of nitrogens with one attached hydrogen (secondary N) is 1. The van der Waals surface area contributed by atoms with Gasteiger partial charge in [-0.05, 0) is 19.4 Å². The molecule has 2 aliphatic rings. The third-order valence-electron chi connectivity index (χ3n) is 2.42. The monoisotopic (exact) mass is 129 g/mol. The molecular formula is C7H12FN. The lowest BCUT2D eigenvalue weighted by atomic mass is 10.2. The van der Waals surface area contributed by atoms with Gasteiger partial charge in [0.1, 0.15) is 6.17 Å². The summed E-state index contributed by atoms with van der Waals surface area (Å²) < 4.78 is 12.6. The van der Waals surface area contributed by atoms with Crippen molar-refractivity contribution in [3.8, 4) is 0 Å². The van der Waals surface area contributed by atoms with E-state index in [1.54, 1.807) is 0 Å². The molecular weight excluding hydrogens is 117 g/mol. The van der Waals surface area contributed by atoms with E-state index in [-0.39, 0.29) is 6.04 Å². The number of halogens is 1. The van der Waals surface area contributed by atoms with Gasteiger partial charge in [-0.15, -0.1) is 0 Å². The van der Waals surface area contributed by atoms with Crippen LogP contribution in [-0.2, 0) is 0 Å². The molecule has 0 spiro atoms. The molecule has 0 aromatic carbocycles. The summed E-state index contributed by atoms with van der Waals surface area (Å²) in [5, 5.41) is 3.19. The van der Waals surface area contributed by atoms with Gasteiger partial charge in [0.2, 0.25) is 0 Å². The van der Waals surface area contributed by atoms with E-state index < -0.39 is 6.17 Å². The van der Waals surface area contributed by atoms with E-state index in [4.69, 9.17) is 0 Å². The summed E-state index contributed by atoms with van der Waals surface area (Å²) in [6.45, 7) is 1.03. The average Bonchev–Trinajstić information content (AvgIpc) is 2.51. The zero-order valence-electron chi connectivity index (χ0n) is 5.44. The Morgan fingerprint density at radius 3 is 3.11 bits per heavy atom. The highest BCUT2D eigenvalue weighted by atomic mass is 19.1. The Bertz CT molecular complexity index is 103. The maximum absolute atomic E-state index is 12.6. The standard InChI is InChI=1S/C7H12FN/c8-6-5-3-1-2-4-9-7(5)6/h5-7,9H,1-4H2/t5-,6+,7-/m0/s1. The first-order valence-electron chi connectivity index (χ1n) is 3.77. The quantitative estimate of drug-likeness (QED) is 0.516. The minimum absolute atomic E-state index is 0.243. The van der Waals surface area contributed by atoms with Crippen LogP contribution < -0.4 is 5.32 Å². The predicted octanol–water partition coefficient (Wildman–Crippen LogP) is 1.10. The Morgan fingerprint density at radius 2 is 2.22 bits per heavy atom. The molecule has 0 aromatic rings. The van der Waals surface area contributed by atoms with Gasteiger partial charge in [0.05, 0.1) is 0 Å². The van der Waals surface area contributed by atoms with Gasteiger partial charge in [-0.2, -0.15) is 0 Å². The Kier molecular flexibility index (Phi) is 1.22. The van der Waals surface area contributed by atoms with Gasteiger partial charge >= 0.3 is 0 Å². The predicted molar refractivity (Wildman–Crippen MR) is 34.0 cm³/mol. The lowest BCUT2D eigenvalue weighted by molar-refractivity contribution is 0.412. The highest BCUT2D eigenvalue weighted by Gasteiger charge is 2.50. The van der Waals surface area contributed by atoms with Crippen LogP contribution in [-0.4, -0.2) is 18.8 Å². The Morgan fingerprint density at radius 1 is 1.33 bits per heavy atom. The van der Waals surface area contributed by atoms with Crippen LogP contribution in [0.5, 0.6) is 0 Å². The van der Waals surface area contributed by atoms with Crippen LogP contribution in [0.4, 0.5) is 4.39 Å². The second-order valence-corrected chi connectivity index (χ2v) is 3.08. The third kappa shape index (κ3) is 0.855. The molecule has 1 aliphatic heterocycles. The summed E-state index contributed by atoms with van der Waals surface area (Å²) in [5.41, 5.74) is 0. The molecule has 2 fully saturated rings. The summed E-state index contributed by atoms with van der Waals surface area (Å²) in [4.78, 5) is 0. The summed E-state index contributed by atoms with van der Waals surface area (Å²) in [6.07, 6.45) is 3.05. The smallest absolute Gasteiger partial charge is 0.120 e. The first-order chi connectivity index (χ1) is 4.39. The van der Waals surface area contributed by atoms with Crippen LogP contribution in [0, 0.1) is 5.92 Å². The third-order valence-corrected chi connectivity index (χ3v) is 2.42. The van der Waals surface area contributed by atoms with Crippen LogP contribution in [0.25, 0.3) is 0 Å². The fraction of sp³-hybridized carbons (Fsp3) is 1.00. The number of rotatable bonds is 0. The molecule has 0 aromatic heterocycles. The van der Waals surface area contributed by atoms with Crippen LogP contribution in [0.2, 0.25) is 0 Å². The second-order valence-electron chi connectivity index (χ2n) is 3.08. The number of hydrogen-bond acceptors (Lipinski definition) is 1. The van der Waals surface area contributed by atoms with Crippen molar-refractivity contribution in [1.82, 2.24) is 5.32 Å². The van der Waals surface area contributed by atoms with Crippen molar-refractivity contribution in [2.75, 3.05) is 6.54 Å². The average molecular weight is 129 g/mol. The molecule has 1 saturated heterocycles. The Hall–Kier alpha value is -0.110. The Balaban J connectivity index is 1.93. The molecule has 1 saturated carbocycles. The molecule has 1 heterocycles. The van der Waals surface area contributed by atoms with Gasteiger partial charge in [0.25, 0.3) is 0 Å². The molecule has 0 amide bonds. The van der Waals surface area contributed by atoms with E-state index >= 15 is 0 Å². The maximum Gasteiger partial charge on any atom is 0.120 e. The van der Waals surface area contributed by atoms with Crippen LogP contribution >= 0.6 is 0 Å². The van der Waals surface area contributed by atoms with Gasteiger partial charge in [-0.3, -0.25) is 0 Å². The molecule has 0 unspecified atom stereocenters. The fourth-order valence-corrected chi connectivity index (χ4v) is 1.71. The van der Waals surface area contributed by atoms with E-state index in [9.17, 15) is 4.39 Å². The van der Waals surface area contributed by atoms with Crippen molar-refractivity contribution < 1.29 is 4.39 Å². The van der Waals surface area contributed by atoms with Gasteiger partial charge in [0.15, 0.2) is 0 Å². The Labute approximate surface area is 54.6 Å². The summed E-state index contributed by atoms with van der Waals surface area (Å²) in [7, 11) is 0. The molecule has 1 nitrogen and oxygen atoms in total. The first-order valence-corrected chi connectivity index (χ1v) is 3.77. The van der Waals surface area contributed by atoms with Gasteiger partial charge in [-0.25, -0.2) is 4.39 Å². The van der Waals surface area contributed by atoms with E-state index in [1.165, 1.54) is 12.8 Å². The molecule has 1 N–H and O–H groups in total. The van der Waals surface area contributed by atoms with Crippen LogP contribution in [0.15, 0.2) is 0 Å². The van der Waals surface area contributed by atoms with Crippen molar-refractivity contribution in [3.63, 3.8) is 0 Å². The molecule has 0 bridgehead atoms. The molecule has 2 rings (SSSR count). The van der Waals surface area contributed by atoms with Crippen LogP contribution in [0.3, 0.4) is 0 Å². The van der Waals surface area contributed by atoms with Crippen molar-refractivity contribution in [2.45, 2.75) is 31.5 Å². The highest BCUT2D eigenvalue weighted by molar-refractivity contribution is 5.04. The van der Waals surface area contributed by atoms with Gasteiger partial charge < -0.3 is 5.32 Å². The van der Waals surface area contributed by atoms with E-state index in [0.717, 1.165) is 13.0 Å². The van der Waals surface area contributed by atoms with Crippen molar-refractivity contribution in [3.05, 3.63) is 0 Å². The molecule has 1 aliphatic carbocycles. The van der Waals surface area contributed by atoms with Crippen molar-refractivity contribution in [1.29, 1.82) is 0 Å². The minimum atomic E-state index is -0.509. The van der Waals surface area contributed by atoms with Gasteiger partial charge in [-0.1, -0.05) is 6.42 Å². The van der Waals surface area contributed by atoms with Crippen molar-refractivity contribution >= 4 is 0 Å². The second kappa shape index (κ2) is 1.94. The van der Waals surface area contributed by atoms with E-state index in [1.807, 2.05) is 0 Å². The van der Waals surface area contributed by atoms with E-state index in [2.05, 4.69) is 5.32 Å². The number of hydrogen-bond donors (Lipinski definition) is 1. The lowest BCUT2D eigenvalue weighted by Gasteiger charge is -1.96. The summed E-state index contributed by atoms with van der Waals surface area (Å²) in [5.74, 6) is 0.382. The largest absolute Gasteiger partial charge is 0.311 e. The highest BCUT2D eigenvalue weighted by Crippen LogP contribution is 2.40. The van der Waals surface area contributed by atoms with Crippen molar-refractivity contribution in [2.24, 2.45) is 5.92 Å². The molecule has 9 heavy (non-hydrogen) atoms. The van der Waals surface area contributed by atoms with Crippen LogP contribution in [0.1, 0.15) is 19.3 Å². The molecule has 3 atom stereocenters. The zero-order valence-corrected chi connectivity index (χ0v) is 5.44. The van der Waals surface area contributed by atoms with E-state index in [0.29, 0.717) is 5.92 Å². The number of fused-ring (bicyclic) bond motifs is 1. The number of alkyl halides is 1. The molecule has 52 valence electrons. The molecule has 2 heteroatoms. The maximum atomic E-state index is 12.6. The lowest BCUT2D eigenvalue weighted by Crippen LogP contribution is -2.19. The minimum Gasteiger partial charge on any atom is -0.311 e. The summed E-state index contributed by atoms with van der Waals surface area (Å²) in [6, 6.07) is 0.243. The summed E-state index contributed by atoms with van der Waals surface area (Å²) >= 11 is 0. The zero-order chi connectivity index (χ0) is 6.27. The SMILES string of the molecule is F[C@@H]1[C@@H]2CCCCN[C@H]12. The van der Waals surface area contributed by atoms with Gasteiger partial charge in [0, 0.05) is 12.0 Å². The first kappa shape index (κ1) is 5.66. The normalized spacial score (nSPS) is 49.7. The topological polar surface area (TPSA) is 12.0 Å². The molecule has 0 radical (unpaired) electrons.